The summed E-state index contributed by atoms with van der Waals surface area (Å²) in [6.07, 6.45) is -1.02. The predicted molar refractivity (Wildman–Crippen MR) is 56.4 cm³/mol. The molecule has 1 aliphatic rings. The fourth-order valence-electron chi connectivity index (χ4n) is 0.976. The second-order valence-corrected chi connectivity index (χ2v) is 5.48. The van der Waals surface area contributed by atoms with E-state index in [4.69, 9.17) is 60.6 Å². The van der Waals surface area contributed by atoms with Gasteiger partial charge in [-0.05, 0) is 0 Å². The number of ether oxygens (including phenoxy) is 3. The maximum Gasteiger partial charge on any atom is 0.240 e. The van der Waals surface area contributed by atoms with Crippen molar-refractivity contribution >= 4 is 46.4 Å². The second-order valence-electron chi connectivity index (χ2n) is 2.73. The van der Waals surface area contributed by atoms with E-state index in [1.807, 2.05) is 0 Å². The third kappa shape index (κ3) is 4.27. The highest BCUT2D eigenvalue weighted by atomic mass is 35.6. The van der Waals surface area contributed by atoms with Crippen LogP contribution in [0.3, 0.4) is 0 Å². The molecule has 1 aliphatic heterocycles. The van der Waals surface area contributed by atoms with E-state index in [-0.39, 0.29) is 6.10 Å². The average Bonchev–Trinajstić information content (AvgIpc) is 2.52. The Balaban J connectivity index is 2.21. The van der Waals surface area contributed by atoms with E-state index in [1.54, 1.807) is 0 Å². The van der Waals surface area contributed by atoms with Crippen molar-refractivity contribution in [2.45, 2.75) is 16.2 Å². The van der Waals surface area contributed by atoms with E-state index in [0.717, 1.165) is 0 Å². The van der Waals surface area contributed by atoms with Crippen molar-refractivity contribution < 1.29 is 14.2 Å². The summed E-state index contributed by atoms with van der Waals surface area (Å²) < 4.78 is 14.0. The first-order valence-corrected chi connectivity index (χ1v) is 5.68. The Kier molecular flexibility index (Phi) is 5.57. The molecule has 14 heavy (non-hydrogen) atoms. The Morgan fingerprint density at radius 1 is 1.36 bits per heavy atom. The highest BCUT2D eigenvalue weighted by Crippen LogP contribution is 2.36. The number of alkyl halides is 4. The summed E-state index contributed by atoms with van der Waals surface area (Å²) in [4.78, 5) is 0. The monoisotopic (exact) mass is 282 g/mol. The lowest BCUT2D eigenvalue weighted by Crippen LogP contribution is -2.28. The Morgan fingerprint density at radius 3 is 2.57 bits per heavy atom. The molecule has 0 bridgehead atoms. The Hall–Kier alpha value is 1.04. The van der Waals surface area contributed by atoms with Crippen LogP contribution in [-0.4, -0.2) is 41.9 Å². The lowest BCUT2D eigenvalue weighted by atomic mass is 10.4. The zero-order valence-electron chi connectivity index (χ0n) is 7.22. The lowest BCUT2D eigenvalue weighted by Gasteiger charge is -2.18. The Labute approximate surface area is 102 Å². The number of rotatable bonds is 4. The van der Waals surface area contributed by atoms with Gasteiger partial charge in [0.05, 0.1) is 19.8 Å². The molecule has 1 fully saturated rings. The second kappa shape index (κ2) is 5.94. The van der Waals surface area contributed by atoms with E-state index in [2.05, 4.69) is 0 Å². The normalized spacial score (nSPS) is 28.3. The van der Waals surface area contributed by atoms with Gasteiger partial charge in [-0.3, -0.25) is 0 Å². The summed E-state index contributed by atoms with van der Waals surface area (Å²) in [5.74, 6) is 0.446. The third-order valence-corrected chi connectivity index (χ3v) is 2.23. The molecule has 0 radical (unpaired) electrons. The smallest absolute Gasteiger partial charge is 0.240 e. The molecule has 3 nitrogen and oxygen atoms in total. The number of hydrogen-bond donors (Lipinski definition) is 0. The number of halogens is 4. The summed E-state index contributed by atoms with van der Waals surface area (Å²) in [5.41, 5.74) is 0. The highest BCUT2D eigenvalue weighted by Gasteiger charge is 2.41. The van der Waals surface area contributed by atoms with Gasteiger partial charge in [0.25, 0.3) is 0 Å². The van der Waals surface area contributed by atoms with Gasteiger partial charge in [-0.1, -0.05) is 34.8 Å². The first-order valence-electron chi connectivity index (χ1n) is 4.01. The summed E-state index contributed by atoms with van der Waals surface area (Å²) in [6.45, 7) is 1.23. The van der Waals surface area contributed by atoms with Gasteiger partial charge in [0.15, 0.2) is 0 Å². The fraction of sp³-hybridized carbons (Fsp3) is 1.00. The molecule has 0 amide bonds. The molecule has 0 aliphatic carbocycles. The van der Waals surface area contributed by atoms with Crippen molar-refractivity contribution in [2.24, 2.45) is 0 Å². The van der Waals surface area contributed by atoms with Crippen LogP contribution in [0.2, 0.25) is 0 Å². The summed E-state index contributed by atoms with van der Waals surface area (Å²) in [5, 5.41) is 0. The van der Waals surface area contributed by atoms with Crippen molar-refractivity contribution in [3.8, 4) is 0 Å². The summed E-state index contributed by atoms with van der Waals surface area (Å²) in [7, 11) is 0. The number of hydrogen-bond acceptors (Lipinski definition) is 3. The van der Waals surface area contributed by atoms with Gasteiger partial charge < -0.3 is 14.2 Å². The molecular weight excluding hydrogens is 274 g/mol. The van der Waals surface area contributed by atoms with Crippen LogP contribution in [0, 0.1) is 0 Å². The van der Waals surface area contributed by atoms with Gasteiger partial charge in [-0.15, -0.1) is 11.6 Å². The van der Waals surface area contributed by atoms with Crippen molar-refractivity contribution in [3.05, 3.63) is 0 Å². The molecule has 2 atom stereocenters. The fourth-order valence-corrected chi connectivity index (χ4v) is 1.43. The molecule has 0 aromatic carbocycles. The van der Waals surface area contributed by atoms with Gasteiger partial charge >= 0.3 is 0 Å². The van der Waals surface area contributed by atoms with E-state index >= 15 is 0 Å². The van der Waals surface area contributed by atoms with Crippen LogP contribution in [0.25, 0.3) is 0 Å². The molecule has 0 spiro atoms. The molecule has 0 saturated carbocycles. The molecule has 1 heterocycles. The first kappa shape index (κ1) is 13.1. The largest absolute Gasteiger partial charge is 0.377 e. The van der Waals surface area contributed by atoms with Gasteiger partial charge in [-0.25, -0.2) is 0 Å². The Morgan fingerprint density at radius 2 is 2.07 bits per heavy atom. The van der Waals surface area contributed by atoms with Crippen LogP contribution in [0.5, 0.6) is 0 Å². The average molecular weight is 284 g/mol. The van der Waals surface area contributed by atoms with Gasteiger partial charge in [-0.2, -0.15) is 0 Å². The van der Waals surface area contributed by atoms with Crippen LogP contribution in [0.1, 0.15) is 0 Å². The minimum atomic E-state index is -1.55. The molecule has 1 saturated heterocycles. The van der Waals surface area contributed by atoms with Crippen LogP contribution < -0.4 is 0 Å². The maximum absolute atomic E-state index is 5.59. The maximum atomic E-state index is 5.59. The van der Waals surface area contributed by atoms with Crippen molar-refractivity contribution in [1.29, 1.82) is 0 Å². The van der Waals surface area contributed by atoms with Gasteiger partial charge in [0, 0.05) is 5.88 Å². The SMILES string of the molecule is ClCCOCC1COC(C(Cl)(Cl)Cl)O1. The van der Waals surface area contributed by atoms with Gasteiger partial charge in [0.1, 0.15) is 6.10 Å². The highest BCUT2D eigenvalue weighted by molar-refractivity contribution is 6.67. The molecule has 0 aromatic rings. The predicted octanol–water partition coefficient (Wildman–Crippen LogP) is 2.35. The third-order valence-electron chi connectivity index (χ3n) is 1.54. The summed E-state index contributed by atoms with van der Waals surface area (Å²) >= 11 is 22.2. The van der Waals surface area contributed by atoms with E-state index in [0.29, 0.717) is 25.7 Å². The van der Waals surface area contributed by atoms with Crippen LogP contribution >= 0.6 is 46.4 Å². The zero-order chi connectivity index (χ0) is 10.6. The molecule has 0 aromatic heterocycles. The minimum Gasteiger partial charge on any atom is -0.377 e. The first-order chi connectivity index (χ1) is 6.54. The van der Waals surface area contributed by atoms with Crippen LogP contribution in [0.15, 0.2) is 0 Å². The van der Waals surface area contributed by atoms with Crippen molar-refractivity contribution in [3.63, 3.8) is 0 Å². The standard InChI is InChI=1S/C7H10Cl4O3/c8-1-2-12-3-5-4-13-6(14-5)7(9,10)11/h5-6H,1-4H2. The lowest BCUT2D eigenvalue weighted by molar-refractivity contribution is -0.0667. The molecule has 84 valence electrons. The minimum absolute atomic E-state index is 0.196. The molecular formula is C7H10Cl4O3. The zero-order valence-corrected chi connectivity index (χ0v) is 10.2. The van der Waals surface area contributed by atoms with E-state index in [9.17, 15) is 0 Å². The molecule has 1 rings (SSSR count). The topological polar surface area (TPSA) is 27.7 Å². The van der Waals surface area contributed by atoms with Crippen LogP contribution in [-0.2, 0) is 14.2 Å². The van der Waals surface area contributed by atoms with Gasteiger partial charge in [0.2, 0.25) is 10.1 Å². The van der Waals surface area contributed by atoms with E-state index in [1.165, 1.54) is 0 Å². The van der Waals surface area contributed by atoms with Crippen molar-refractivity contribution in [1.82, 2.24) is 0 Å². The quantitative estimate of drug-likeness (QED) is 0.586. The van der Waals surface area contributed by atoms with Crippen molar-refractivity contribution in [2.75, 3.05) is 25.7 Å². The molecule has 2 unspecified atom stereocenters. The summed E-state index contributed by atoms with van der Waals surface area (Å²) in [6, 6.07) is 0. The molecule has 0 N–H and O–H groups in total. The van der Waals surface area contributed by atoms with E-state index < -0.39 is 10.1 Å². The Bertz CT molecular complexity index is 173. The van der Waals surface area contributed by atoms with Crippen LogP contribution in [0.4, 0.5) is 0 Å². The molecule has 7 heteroatoms.